The molecule has 3 rings (SSSR count). The normalized spacial score (nSPS) is 19.1. The minimum Gasteiger partial charge on any atom is -0.478 e. The molecule has 1 aliphatic rings. The molecule has 1 aromatic carbocycles. The van der Waals surface area contributed by atoms with Crippen molar-refractivity contribution in [2.75, 3.05) is 0 Å². The Bertz CT molecular complexity index is 732. The lowest BCUT2D eigenvalue weighted by Crippen LogP contribution is -2.39. The molecule has 2 heterocycles. The summed E-state index contributed by atoms with van der Waals surface area (Å²) in [6.45, 7) is 0. The zero-order valence-corrected chi connectivity index (χ0v) is 10.5. The summed E-state index contributed by atoms with van der Waals surface area (Å²) < 4.78 is 0. The first-order valence-corrected chi connectivity index (χ1v) is 6.24. The molecule has 0 radical (unpaired) electrons. The molecule has 1 unspecified atom stereocenters. The highest BCUT2D eigenvalue weighted by Crippen LogP contribution is 2.29. The van der Waals surface area contributed by atoms with Crippen molar-refractivity contribution >= 4 is 28.7 Å². The molecule has 6 nitrogen and oxygen atoms in total. The first-order chi connectivity index (χ1) is 9.56. The molecule has 2 aromatic rings. The Hall–Kier alpha value is -2.63. The summed E-state index contributed by atoms with van der Waals surface area (Å²) in [6.07, 6.45) is 2.33. The Morgan fingerprint density at radius 2 is 2.10 bits per heavy atom. The second-order valence-electron chi connectivity index (χ2n) is 4.82. The third-order valence-electron chi connectivity index (χ3n) is 3.55. The van der Waals surface area contributed by atoms with Crippen LogP contribution in [-0.2, 0) is 9.59 Å². The van der Waals surface area contributed by atoms with E-state index in [4.69, 9.17) is 0 Å². The maximum absolute atomic E-state index is 11.9. The Morgan fingerprint density at radius 3 is 2.80 bits per heavy atom. The number of benzene rings is 1. The van der Waals surface area contributed by atoms with Gasteiger partial charge in [-0.1, -0.05) is 0 Å². The van der Waals surface area contributed by atoms with Gasteiger partial charge in [0.2, 0.25) is 11.8 Å². The topological polar surface area (TPSA) is 99.3 Å². The van der Waals surface area contributed by atoms with E-state index in [2.05, 4.69) is 10.3 Å². The summed E-state index contributed by atoms with van der Waals surface area (Å²) >= 11 is 0. The minimum absolute atomic E-state index is 0.132. The van der Waals surface area contributed by atoms with Crippen LogP contribution in [-0.4, -0.2) is 27.9 Å². The van der Waals surface area contributed by atoms with Gasteiger partial charge >= 0.3 is 5.97 Å². The number of hydrogen-bond donors (Lipinski definition) is 3. The van der Waals surface area contributed by atoms with Crippen molar-refractivity contribution in [1.29, 1.82) is 0 Å². The first-order valence-electron chi connectivity index (χ1n) is 6.24. The fraction of sp³-hybridized carbons (Fsp3) is 0.214. The van der Waals surface area contributed by atoms with Gasteiger partial charge in [-0.3, -0.25) is 14.9 Å². The third kappa shape index (κ3) is 1.95. The van der Waals surface area contributed by atoms with Gasteiger partial charge in [0.1, 0.15) is 0 Å². The number of hydrogen-bond acceptors (Lipinski definition) is 3. The van der Waals surface area contributed by atoms with E-state index in [0.717, 1.165) is 5.39 Å². The maximum atomic E-state index is 11.9. The molecular formula is C14H12N2O4. The molecule has 1 atom stereocenters. The van der Waals surface area contributed by atoms with Crippen LogP contribution in [0.4, 0.5) is 0 Å². The van der Waals surface area contributed by atoms with E-state index in [9.17, 15) is 19.5 Å². The van der Waals surface area contributed by atoms with E-state index in [1.165, 1.54) is 6.07 Å². The van der Waals surface area contributed by atoms with E-state index in [0.29, 0.717) is 17.5 Å². The van der Waals surface area contributed by atoms with E-state index in [1.54, 1.807) is 18.3 Å². The summed E-state index contributed by atoms with van der Waals surface area (Å²) in [5.74, 6) is -2.18. The molecule has 1 fully saturated rings. The highest BCUT2D eigenvalue weighted by Gasteiger charge is 2.29. The molecule has 20 heavy (non-hydrogen) atoms. The van der Waals surface area contributed by atoms with E-state index in [-0.39, 0.29) is 23.8 Å². The number of rotatable bonds is 2. The minimum atomic E-state index is -1.05. The molecule has 1 aliphatic heterocycles. The average Bonchev–Trinajstić information content (AvgIpc) is 2.85. The van der Waals surface area contributed by atoms with Crippen molar-refractivity contribution in [2.24, 2.45) is 0 Å². The molecule has 0 aliphatic carbocycles. The second kappa shape index (κ2) is 4.48. The first kappa shape index (κ1) is 12.4. The van der Waals surface area contributed by atoms with Crippen molar-refractivity contribution in [2.45, 2.75) is 18.8 Å². The van der Waals surface area contributed by atoms with Gasteiger partial charge in [0.15, 0.2) is 0 Å². The van der Waals surface area contributed by atoms with Crippen molar-refractivity contribution in [1.82, 2.24) is 10.3 Å². The summed E-state index contributed by atoms with van der Waals surface area (Å²) in [5, 5.41) is 12.3. The van der Waals surface area contributed by atoms with Crippen LogP contribution in [0.25, 0.3) is 10.9 Å². The monoisotopic (exact) mass is 272 g/mol. The number of amides is 2. The molecule has 1 saturated heterocycles. The fourth-order valence-electron chi connectivity index (χ4n) is 2.58. The smallest absolute Gasteiger partial charge is 0.337 e. The highest BCUT2D eigenvalue weighted by atomic mass is 16.4. The van der Waals surface area contributed by atoms with Gasteiger partial charge in [-0.25, -0.2) is 4.79 Å². The number of piperidine rings is 1. The second-order valence-corrected chi connectivity index (χ2v) is 4.82. The van der Waals surface area contributed by atoms with Crippen LogP contribution in [0.15, 0.2) is 24.4 Å². The number of carbonyl (C=O) groups excluding carboxylic acids is 2. The van der Waals surface area contributed by atoms with Crippen LogP contribution >= 0.6 is 0 Å². The van der Waals surface area contributed by atoms with Crippen LogP contribution < -0.4 is 5.32 Å². The van der Waals surface area contributed by atoms with Gasteiger partial charge in [0, 0.05) is 18.0 Å². The van der Waals surface area contributed by atoms with Gasteiger partial charge in [-0.15, -0.1) is 0 Å². The van der Waals surface area contributed by atoms with Crippen molar-refractivity contribution in [3.05, 3.63) is 35.5 Å². The Balaban J connectivity index is 2.10. The lowest BCUT2D eigenvalue weighted by Gasteiger charge is -2.21. The Kier molecular flexibility index (Phi) is 2.78. The maximum Gasteiger partial charge on any atom is 0.337 e. The number of H-pyrrole nitrogens is 1. The number of carbonyl (C=O) groups is 3. The number of fused-ring (bicyclic) bond motifs is 1. The van der Waals surface area contributed by atoms with E-state index in [1.807, 2.05) is 0 Å². The fourth-order valence-corrected chi connectivity index (χ4v) is 2.58. The quantitative estimate of drug-likeness (QED) is 0.719. The summed E-state index contributed by atoms with van der Waals surface area (Å²) in [5.41, 5.74) is 1.29. The van der Waals surface area contributed by atoms with Crippen molar-refractivity contribution in [3.63, 3.8) is 0 Å². The molecule has 0 spiro atoms. The molecule has 3 N–H and O–H groups in total. The molecule has 0 bridgehead atoms. The third-order valence-corrected chi connectivity index (χ3v) is 3.55. The summed E-state index contributed by atoms with van der Waals surface area (Å²) in [4.78, 5) is 37.2. The molecule has 6 heteroatoms. The van der Waals surface area contributed by atoms with Gasteiger partial charge in [0.05, 0.1) is 17.0 Å². The van der Waals surface area contributed by atoms with E-state index < -0.39 is 11.9 Å². The Morgan fingerprint density at radius 1 is 1.30 bits per heavy atom. The van der Waals surface area contributed by atoms with Crippen LogP contribution in [0.1, 0.15) is 34.7 Å². The number of nitrogens with one attached hydrogen (secondary N) is 2. The number of imide groups is 1. The highest BCUT2D eigenvalue weighted by molar-refractivity contribution is 6.04. The van der Waals surface area contributed by atoms with Crippen LogP contribution in [0.5, 0.6) is 0 Å². The molecule has 2 amide bonds. The zero-order valence-electron chi connectivity index (χ0n) is 10.5. The van der Waals surface area contributed by atoms with Crippen LogP contribution in [0.3, 0.4) is 0 Å². The van der Waals surface area contributed by atoms with Gasteiger partial charge < -0.3 is 10.1 Å². The number of carboxylic acid groups (broad SMARTS) is 1. The largest absolute Gasteiger partial charge is 0.478 e. The van der Waals surface area contributed by atoms with Gasteiger partial charge in [-0.05, 0) is 30.2 Å². The van der Waals surface area contributed by atoms with Gasteiger partial charge in [-0.2, -0.15) is 0 Å². The van der Waals surface area contributed by atoms with E-state index >= 15 is 0 Å². The summed E-state index contributed by atoms with van der Waals surface area (Å²) in [7, 11) is 0. The zero-order chi connectivity index (χ0) is 14.3. The predicted octanol–water partition coefficient (Wildman–Crippen LogP) is 1.39. The standard InChI is InChI=1S/C14H12N2O4/c17-11-2-1-9(13(18)16-11)8-5-7-3-4-15-12(7)10(6-8)14(19)20/h3-6,9,15H,1-2H2,(H,19,20)(H,16,17,18). The van der Waals surface area contributed by atoms with Crippen molar-refractivity contribution in [3.8, 4) is 0 Å². The SMILES string of the molecule is O=C1CCC(c2cc(C(=O)O)c3[nH]ccc3c2)C(=O)N1. The lowest BCUT2D eigenvalue weighted by molar-refractivity contribution is -0.134. The van der Waals surface area contributed by atoms with Crippen LogP contribution in [0.2, 0.25) is 0 Å². The predicted molar refractivity (Wildman–Crippen MR) is 70.4 cm³/mol. The Labute approximate surface area is 113 Å². The lowest BCUT2D eigenvalue weighted by atomic mass is 9.88. The number of aromatic amines is 1. The number of carboxylic acids is 1. The number of aromatic carboxylic acids is 1. The van der Waals surface area contributed by atoms with Gasteiger partial charge in [0.25, 0.3) is 0 Å². The summed E-state index contributed by atoms with van der Waals surface area (Å²) in [6, 6.07) is 5.05. The number of aromatic nitrogens is 1. The van der Waals surface area contributed by atoms with Crippen molar-refractivity contribution < 1.29 is 19.5 Å². The molecular weight excluding hydrogens is 260 g/mol. The van der Waals surface area contributed by atoms with Crippen LogP contribution in [0, 0.1) is 0 Å². The molecule has 0 saturated carbocycles. The average molecular weight is 272 g/mol. The molecule has 102 valence electrons. The molecule has 1 aromatic heterocycles.